The second-order valence-electron chi connectivity index (χ2n) is 6.16. The molecule has 1 aromatic heterocycles. The number of amides is 1. The average molecular weight is 374 g/mol. The first kappa shape index (κ1) is 18.5. The standard InChI is InChI=1S/C18H22N4O3S/c1-3-12-6-8-13(9-7-12)19-16(23)17-21-20-15(26-17)11-22-10-4-5-14(22)18(24)25-2/h6-9,14H,3-5,10-11H2,1-2H3,(H,19,23). The highest BCUT2D eigenvalue weighted by molar-refractivity contribution is 7.13. The van der Waals surface area contributed by atoms with Gasteiger partial charge in [-0.05, 0) is 43.5 Å². The number of aromatic nitrogens is 2. The Bertz CT molecular complexity index is 775. The molecule has 1 amide bonds. The van der Waals surface area contributed by atoms with Gasteiger partial charge in [0.2, 0.25) is 5.01 Å². The van der Waals surface area contributed by atoms with Gasteiger partial charge < -0.3 is 10.1 Å². The first-order valence-electron chi connectivity index (χ1n) is 8.65. The van der Waals surface area contributed by atoms with Gasteiger partial charge in [0.05, 0.1) is 13.7 Å². The number of anilines is 1. The number of aryl methyl sites for hydroxylation is 1. The molecule has 1 unspecified atom stereocenters. The number of nitrogens with one attached hydrogen (secondary N) is 1. The fraction of sp³-hybridized carbons (Fsp3) is 0.444. The molecule has 2 heterocycles. The summed E-state index contributed by atoms with van der Waals surface area (Å²) in [6.45, 7) is 3.39. The molecular weight excluding hydrogens is 352 g/mol. The van der Waals surface area contributed by atoms with E-state index < -0.39 is 0 Å². The van der Waals surface area contributed by atoms with Gasteiger partial charge in [-0.25, -0.2) is 0 Å². The van der Waals surface area contributed by atoms with Gasteiger partial charge >= 0.3 is 5.97 Å². The van der Waals surface area contributed by atoms with E-state index in [0.717, 1.165) is 31.5 Å². The van der Waals surface area contributed by atoms with Gasteiger partial charge in [-0.2, -0.15) is 0 Å². The van der Waals surface area contributed by atoms with Crippen molar-refractivity contribution in [2.75, 3.05) is 19.0 Å². The SMILES string of the molecule is CCc1ccc(NC(=O)c2nnc(CN3CCCC3C(=O)OC)s2)cc1. The predicted octanol–water partition coefficient (Wildman–Crippen LogP) is 2.49. The molecule has 1 atom stereocenters. The Labute approximate surface area is 156 Å². The highest BCUT2D eigenvalue weighted by Crippen LogP contribution is 2.23. The highest BCUT2D eigenvalue weighted by atomic mass is 32.1. The molecule has 3 rings (SSSR count). The predicted molar refractivity (Wildman–Crippen MR) is 99.1 cm³/mol. The molecule has 7 nitrogen and oxygen atoms in total. The summed E-state index contributed by atoms with van der Waals surface area (Å²) in [5, 5.41) is 12.0. The quantitative estimate of drug-likeness (QED) is 0.782. The van der Waals surface area contributed by atoms with E-state index in [4.69, 9.17) is 4.74 Å². The summed E-state index contributed by atoms with van der Waals surface area (Å²) in [7, 11) is 1.40. The van der Waals surface area contributed by atoms with Gasteiger partial charge in [0.25, 0.3) is 5.91 Å². The topological polar surface area (TPSA) is 84.4 Å². The molecule has 1 N–H and O–H groups in total. The van der Waals surface area contributed by atoms with Gasteiger partial charge in [-0.3, -0.25) is 14.5 Å². The molecule has 1 aliphatic heterocycles. The number of hydrogen-bond donors (Lipinski definition) is 1. The Morgan fingerprint density at radius 3 is 2.77 bits per heavy atom. The molecular formula is C18H22N4O3S. The van der Waals surface area contributed by atoms with Crippen LogP contribution in [0.2, 0.25) is 0 Å². The number of rotatable bonds is 6. The maximum absolute atomic E-state index is 12.3. The number of esters is 1. The number of hydrogen-bond acceptors (Lipinski definition) is 7. The van der Waals surface area contributed by atoms with Crippen LogP contribution in [0.15, 0.2) is 24.3 Å². The summed E-state index contributed by atoms with van der Waals surface area (Å²) in [5.74, 6) is -0.496. The second-order valence-corrected chi connectivity index (χ2v) is 7.22. The van der Waals surface area contributed by atoms with Crippen molar-refractivity contribution in [2.45, 2.75) is 38.8 Å². The molecule has 1 fully saturated rings. The summed E-state index contributed by atoms with van der Waals surface area (Å²) in [6, 6.07) is 7.50. The minimum Gasteiger partial charge on any atom is -0.468 e. The summed E-state index contributed by atoms with van der Waals surface area (Å²) >= 11 is 1.25. The van der Waals surface area contributed by atoms with Crippen molar-refractivity contribution in [3.8, 4) is 0 Å². The number of carbonyl (C=O) groups is 2. The van der Waals surface area contributed by atoms with Crippen molar-refractivity contribution < 1.29 is 14.3 Å². The normalized spacial score (nSPS) is 17.2. The molecule has 0 spiro atoms. The number of likely N-dealkylation sites (tertiary alicyclic amines) is 1. The zero-order valence-corrected chi connectivity index (χ0v) is 15.7. The molecule has 8 heteroatoms. The fourth-order valence-electron chi connectivity index (χ4n) is 3.01. The molecule has 1 aliphatic rings. The lowest BCUT2D eigenvalue weighted by atomic mass is 10.1. The van der Waals surface area contributed by atoms with Crippen molar-refractivity contribution >= 4 is 28.9 Å². The lowest BCUT2D eigenvalue weighted by Gasteiger charge is -2.20. The van der Waals surface area contributed by atoms with E-state index in [9.17, 15) is 9.59 Å². The third-order valence-electron chi connectivity index (χ3n) is 4.46. The minimum absolute atomic E-state index is 0.222. The number of carbonyl (C=O) groups excluding carboxylic acids is 2. The van der Waals surface area contributed by atoms with Gasteiger partial charge in [0, 0.05) is 5.69 Å². The summed E-state index contributed by atoms with van der Waals surface area (Å²) < 4.78 is 4.85. The van der Waals surface area contributed by atoms with Crippen molar-refractivity contribution in [1.82, 2.24) is 15.1 Å². The number of ether oxygens (including phenoxy) is 1. The van der Waals surface area contributed by atoms with E-state index in [1.54, 1.807) is 0 Å². The van der Waals surface area contributed by atoms with Crippen LogP contribution in [0.4, 0.5) is 5.69 Å². The first-order chi connectivity index (χ1) is 12.6. The van der Waals surface area contributed by atoms with Crippen LogP contribution in [0.1, 0.15) is 40.1 Å². The van der Waals surface area contributed by atoms with Crippen molar-refractivity contribution in [3.05, 3.63) is 39.8 Å². The van der Waals surface area contributed by atoms with Crippen LogP contribution in [0, 0.1) is 0 Å². The van der Waals surface area contributed by atoms with Gasteiger partial charge in [-0.15, -0.1) is 10.2 Å². The molecule has 0 aliphatic carbocycles. The van der Waals surface area contributed by atoms with Crippen molar-refractivity contribution in [1.29, 1.82) is 0 Å². The molecule has 2 aromatic rings. The highest BCUT2D eigenvalue weighted by Gasteiger charge is 2.32. The zero-order valence-electron chi connectivity index (χ0n) is 14.9. The Morgan fingerprint density at radius 2 is 2.08 bits per heavy atom. The summed E-state index contributed by atoms with van der Waals surface area (Å²) in [5.41, 5.74) is 1.95. The number of benzene rings is 1. The van der Waals surface area contributed by atoms with Crippen molar-refractivity contribution in [3.63, 3.8) is 0 Å². The maximum atomic E-state index is 12.3. The van der Waals surface area contributed by atoms with Gasteiger partial charge in [0.1, 0.15) is 11.0 Å². The third kappa shape index (κ3) is 4.25. The lowest BCUT2D eigenvalue weighted by molar-refractivity contribution is -0.146. The Kier molecular flexibility index (Phi) is 5.95. The van der Waals surface area contributed by atoms with Crippen molar-refractivity contribution in [2.24, 2.45) is 0 Å². The van der Waals surface area contributed by atoms with Crippen LogP contribution in [0.3, 0.4) is 0 Å². The monoisotopic (exact) mass is 374 g/mol. The van der Waals surface area contributed by atoms with E-state index in [2.05, 4.69) is 22.4 Å². The van der Waals surface area contributed by atoms with E-state index in [1.807, 2.05) is 29.2 Å². The van der Waals surface area contributed by atoms with E-state index >= 15 is 0 Å². The van der Waals surface area contributed by atoms with Gasteiger partial charge in [0.15, 0.2) is 0 Å². The lowest BCUT2D eigenvalue weighted by Crippen LogP contribution is -2.36. The van der Waals surface area contributed by atoms with Crippen LogP contribution in [0.5, 0.6) is 0 Å². The number of nitrogens with zero attached hydrogens (tertiary/aromatic N) is 3. The smallest absolute Gasteiger partial charge is 0.323 e. The van der Waals surface area contributed by atoms with E-state index in [-0.39, 0.29) is 17.9 Å². The molecule has 0 bridgehead atoms. The average Bonchev–Trinajstić information content (AvgIpc) is 3.32. The molecule has 138 valence electrons. The van der Waals surface area contributed by atoms with Crippen LogP contribution in [-0.4, -0.2) is 46.7 Å². The minimum atomic E-state index is -0.274. The van der Waals surface area contributed by atoms with Crippen LogP contribution < -0.4 is 5.32 Å². The summed E-state index contributed by atoms with van der Waals surface area (Å²) in [4.78, 5) is 26.2. The molecule has 0 radical (unpaired) electrons. The first-order valence-corrected chi connectivity index (χ1v) is 9.47. The van der Waals surface area contributed by atoms with Gasteiger partial charge in [-0.1, -0.05) is 30.4 Å². The van der Waals surface area contributed by atoms with E-state index in [1.165, 1.54) is 24.0 Å². The van der Waals surface area contributed by atoms with Crippen LogP contribution in [-0.2, 0) is 22.5 Å². The molecule has 0 saturated carbocycles. The van der Waals surface area contributed by atoms with Crippen LogP contribution >= 0.6 is 11.3 Å². The molecule has 26 heavy (non-hydrogen) atoms. The Hall–Kier alpha value is -2.32. The molecule has 1 aromatic carbocycles. The maximum Gasteiger partial charge on any atom is 0.323 e. The third-order valence-corrected chi connectivity index (χ3v) is 5.36. The Balaban J connectivity index is 1.61. The number of methoxy groups -OCH3 is 1. The molecule has 1 saturated heterocycles. The second kappa shape index (κ2) is 8.37. The summed E-state index contributed by atoms with van der Waals surface area (Å²) in [6.07, 6.45) is 2.68. The fourth-order valence-corrected chi connectivity index (χ4v) is 3.77. The largest absolute Gasteiger partial charge is 0.468 e. The van der Waals surface area contributed by atoms with Crippen LogP contribution in [0.25, 0.3) is 0 Å². The Morgan fingerprint density at radius 1 is 1.31 bits per heavy atom. The zero-order chi connectivity index (χ0) is 18.5. The van der Waals surface area contributed by atoms with E-state index in [0.29, 0.717) is 16.6 Å².